The molecule has 0 saturated carbocycles. The fraction of sp³-hybridized carbons (Fsp3) is 0.385. The maximum Gasteiger partial charge on any atom is 0.219 e. The van der Waals surface area contributed by atoms with Crippen LogP contribution in [-0.4, -0.2) is 17.4 Å². The minimum absolute atomic E-state index is 0.119. The van der Waals surface area contributed by atoms with E-state index in [2.05, 4.69) is 10.3 Å². The molecule has 1 aromatic heterocycles. The third-order valence-electron chi connectivity index (χ3n) is 2.61. The highest BCUT2D eigenvalue weighted by molar-refractivity contribution is 5.76. The zero-order chi connectivity index (χ0) is 12.1. The quantitative estimate of drug-likeness (QED) is 0.860. The predicted octanol–water partition coefficient (Wildman–Crippen LogP) is 2.29. The van der Waals surface area contributed by atoms with Crippen LogP contribution in [0, 0.1) is 0 Å². The van der Waals surface area contributed by atoms with Crippen molar-refractivity contribution in [2.75, 3.05) is 6.54 Å². The fourth-order valence-corrected chi connectivity index (χ4v) is 1.72. The van der Waals surface area contributed by atoms with Crippen LogP contribution in [0.3, 0.4) is 0 Å². The Balaban J connectivity index is 1.88. The number of carbonyl (C=O) groups excluding carboxylic acids is 1. The van der Waals surface area contributed by atoms with Crippen molar-refractivity contribution in [1.29, 1.82) is 0 Å². The van der Waals surface area contributed by atoms with Gasteiger partial charge in [0.2, 0.25) is 5.91 Å². The largest absolute Gasteiger partial charge is 0.443 e. The number of nitrogens with one attached hydrogen (secondary N) is 1. The summed E-state index contributed by atoms with van der Waals surface area (Å²) < 4.78 is 5.23. The van der Waals surface area contributed by atoms with Gasteiger partial charge in [0, 0.05) is 13.0 Å². The van der Waals surface area contributed by atoms with Crippen LogP contribution >= 0.6 is 0 Å². The molecule has 90 valence electrons. The number of amides is 1. The van der Waals surface area contributed by atoms with Crippen molar-refractivity contribution >= 4 is 17.0 Å². The first-order chi connectivity index (χ1) is 8.29. The van der Waals surface area contributed by atoms with Gasteiger partial charge in [0.25, 0.3) is 0 Å². The van der Waals surface area contributed by atoms with E-state index in [4.69, 9.17) is 4.42 Å². The van der Waals surface area contributed by atoms with Crippen molar-refractivity contribution in [1.82, 2.24) is 10.3 Å². The first-order valence-electron chi connectivity index (χ1n) is 5.88. The molecular weight excluding hydrogens is 216 g/mol. The summed E-state index contributed by atoms with van der Waals surface area (Å²) in [5.74, 6) is 0.119. The van der Waals surface area contributed by atoms with Crippen LogP contribution in [-0.2, 0) is 11.2 Å². The monoisotopic (exact) mass is 232 g/mol. The Hall–Kier alpha value is -1.84. The number of nitrogens with zero attached hydrogens (tertiary/aromatic N) is 1. The Morgan fingerprint density at radius 1 is 1.47 bits per heavy atom. The van der Waals surface area contributed by atoms with E-state index in [1.54, 1.807) is 0 Å². The molecule has 1 amide bonds. The second-order valence-corrected chi connectivity index (χ2v) is 4.00. The van der Waals surface area contributed by atoms with Gasteiger partial charge in [-0.05, 0) is 30.5 Å². The van der Waals surface area contributed by atoms with E-state index in [0.717, 1.165) is 29.5 Å². The predicted molar refractivity (Wildman–Crippen MR) is 65.6 cm³/mol. The maximum absolute atomic E-state index is 11.3. The van der Waals surface area contributed by atoms with Crippen LogP contribution in [0.15, 0.2) is 29.0 Å². The molecule has 0 fully saturated rings. The molecule has 1 N–H and O–H groups in total. The van der Waals surface area contributed by atoms with E-state index in [0.29, 0.717) is 13.0 Å². The Kier molecular flexibility index (Phi) is 3.75. The zero-order valence-corrected chi connectivity index (χ0v) is 9.90. The number of fused-ring (bicyclic) bond motifs is 1. The number of benzene rings is 1. The number of oxazole rings is 1. The van der Waals surface area contributed by atoms with E-state index >= 15 is 0 Å². The Bertz CT molecular complexity index is 505. The average molecular weight is 232 g/mol. The van der Waals surface area contributed by atoms with E-state index in [1.807, 2.05) is 25.1 Å². The standard InChI is InChI=1S/C13H16N2O2/c1-2-3-13(16)14-7-6-10-4-5-11-12(8-10)17-9-15-11/h4-5,8-9H,2-3,6-7H2,1H3,(H,14,16). The summed E-state index contributed by atoms with van der Waals surface area (Å²) in [6, 6.07) is 5.91. The van der Waals surface area contributed by atoms with E-state index in [9.17, 15) is 4.79 Å². The van der Waals surface area contributed by atoms with Gasteiger partial charge in [-0.25, -0.2) is 4.98 Å². The molecule has 4 nitrogen and oxygen atoms in total. The van der Waals surface area contributed by atoms with Crippen LogP contribution in [0.2, 0.25) is 0 Å². The molecule has 17 heavy (non-hydrogen) atoms. The highest BCUT2D eigenvalue weighted by Crippen LogP contribution is 2.14. The molecule has 4 heteroatoms. The Morgan fingerprint density at radius 3 is 3.18 bits per heavy atom. The van der Waals surface area contributed by atoms with Crippen molar-refractivity contribution in [3.63, 3.8) is 0 Å². The molecule has 1 aromatic carbocycles. The number of hydrogen-bond acceptors (Lipinski definition) is 3. The van der Waals surface area contributed by atoms with Gasteiger partial charge < -0.3 is 9.73 Å². The van der Waals surface area contributed by atoms with Gasteiger partial charge in [0.1, 0.15) is 5.52 Å². The number of hydrogen-bond donors (Lipinski definition) is 1. The third kappa shape index (κ3) is 3.06. The lowest BCUT2D eigenvalue weighted by Crippen LogP contribution is -2.25. The summed E-state index contributed by atoms with van der Waals surface area (Å²) in [7, 11) is 0. The summed E-state index contributed by atoms with van der Waals surface area (Å²) in [4.78, 5) is 15.3. The molecule has 0 aliphatic carbocycles. The van der Waals surface area contributed by atoms with Crippen molar-refractivity contribution in [2.45, 2.75) is 26.2 Å². The van der Waals surface area contributed by atoms with Gasteiger partial charge >= 0.3 is 0 Å². The molecule has 0 atom stereocenters. The molecule has 0 bridgehead atoms. The third-order valence-corrected chi connectivity index (χ3v) is 2.61. The molecule has 0 spiro atoms. The van der Waals surface area contributed by atoms with Gasteiger partial charge in [-0.3, -0.25) is 4.79 Å². The fourth-order valence-electron chi connectivity index (χ4n) is 1.72. The molecule has 2 aromatic rings. The molecule has 1 heterocycles. The van der Waals surface area contributed by atoms with Crippen molar-refractivity contribution in [3.8, 4) is 0 Å². The number of carbonyl (C=O) groups is 1. The summed E-state index contributed by atoms with van der Waals surface area (Å²) in [6.07, 6.45) is 3.74. The maximum atomic E-state index is 11.3. The Morgan fingerprint density at radius 2 is 2.35 bits per heavy atom. The zero-order valence-electron chi connectivity index (χ0n) is 9.90. The minimum atomic E-state index is 0.119. The van der Waals surface area contributed by atoms with Crippen LogP contribution in [0.4, 0.5) is 0 Å². The second-order valence-electron chi connectivity index (χ2n) is 4.00. The number of rotatable bonds is 5. The lowest BCUT2D eigenvalue weighted by atomic mass is 10.1. The van der Waals surface area contributed by atoms with Gasteiger partial charge in [-0.1, -0.05) is 13.0 Å². The lowest BCUT2D eigenvalue weighted by molar-refractivity contribution is -0.121. The highest BCUT2D eigenvalue weighted by Gasteiger charge is 2.02. The van der Waals surface area contributed by atoms with Crippen LogP contribution in [0.25, 0.3) is 11.1 Å². The van der Waals surface area contributed by atoms with E-state index in [1.165, 1.54) is 6.39 Å². The second kappa shape index (κ2) is 5.48. The van der Waals surface area contributed by atoms with Crippen molar-refractivity contribution in [3.05, 3.63) is 30.2 Å². The molecule has 0 saturated heterocycles. The minimum Gasteiger partial charge on any atom is -0.443 e. The summed E-state index contributed by atoms with van der Waals surface area (Å²) in [6.45, 7) is 2.66. The molecule has 0 unspecified atom stereocenters. The van der Waals surface area contributed by atoms with Crippen molar-refractivity contribution in [2.24, 2.45) is 0 Å². The molecule has 0 aliphatic rings. The smallest absolute Gasteiger partial charge is 0.219 e. The van der Waals surface area contributed by atoms with Crippen molar-refractivity contribution < 1.29 is 9.21 Å². The van der Waals surface area contributed by atoms with Gasteiger partial charge in [0.15, 0.2) is 12.0 Å². The Labute approximate surface area is 100 Å². The van der Waals surface area contributed by atoms with E-state index < -0.39 is 0 Å². The van der Waals surface area contributed by atoms with Crippen LogP contribution in [0.5, 0.6) is 0 Å². The summed E-state index contributed by atoms with van der Waals surface area (Å²) >= 11 is 0. The normalized spacial score (nSPS) is 10.6. The number of aromatic nitrogens is 1. The summed E-state index contributed by atoms with van der Waals surface area (Å²) in [5.41, 5.74) is 2.80. The average Bonchev–Trinajstić information content (AvgIpc) is 2.76. The topological polar surface area (TPSA) is 55.1 Å². The first kappa shape index (κ1) is 11.6. The summed E-state index contributed by atoms with van der Waals surface area (Å²) in [5, 5.41) is 2.89. The van der Waals surface area contributed by atoms with Gasteiger partial charge in [-0.2, -0.15) is 0 Å². The SMILES string of the molecule is CCCC(=O)NCCc1ccc2ncoc2c1. The first-order valence-corrected chi connectivity index (χ1v) is 5.88. The van der Waals surface area contributed by atoms with Gasteiger partial charge in [-0.15, -0.1) is 0 Å². The van der Waals surface area contributed by atoms with Crippen LogP contribution < -0.4 is 5.32 Å². The molecule has 2 rings (SSSR count). The molecular formula is C13H16N2O2. The van der Waals surface area contributed by atoms with E-state index in [-0.39, 0.29) is 5.91 Å². The van der Waals surface area contributed by atoms with Gasteiger partial charge in [0.05, 0.1) is 0 Å². The molecule has 0 aliphatic heterocycles. The molecule has 0 radical (unpaired) electrons. The van der Waals surface area contributed by atoms with Crippen LogP contribution in [0.1, 0.15) is 25.3 Å². The highest BCUT2D eigenvalue weighted by atomic mass is 16.3. The lowest BCUT2D eigenvalue weighted by Gasteiger charge is -2.04.